The fraction of sp³-hybridized carbons (Fsp3) is 0.211. The Kier molecular flexibility index (Phi) is 5.30. The minimum atomic E-state index is -0.996. The summed E-state index contributed by atoms with van der Waals surface area (Å²) in [4.78, 5) is 37.6. The molecule has 0 bridgehead atoms. The van der Waals surface area contributed by atoms with Gasteiger partial charge in [-0.3, -0.25) is 9.59 Å². The average molecular weight is 393 g/mol. The van der Waals surface area contributed by atoms with Gasteiger partial charge >= 0.3 is 6.16 Å². The topological polar surface area (TPSA) is 69.7 Å². The van der Waals surface area contributed by atoms with Crippen LogP contribution in [0, 0.1) is 0 Å². The molecule has 3 rings (SSSR count). The lowest BCUT2D eigenvalue weighted by Gasteiger charge is -2.21. The molecule has 7 heteroatoms. The largest absolute Gasteiger partial charge is 0.513 e. The van der Waals surface area contributed by atoms with Crippen molar-refractivity contribution in [2.75, 3.05) is 6.61 Å². The maximum Gasteiger partial charge on any atom is 0.513 e. The van der Waals surface area contributed by atoms with E-state index in [1.165, 1.54) is 12.1 Å². The third kappa shape index (κ3) is 3.20. The first-order valence-electron chi connectivity index (χ1n) is 8.00. The van der Waals surface area contributed by atoms with Gasteiger partial charge in [0.15, 0.2) is 17.3 Å². The van der Waals surface area contributed by atoms with Crippen LogP contribution in [0.3, 0.4) is 0 Å². The van der Waals surface area contributed by atoms with Gasteiger partial charge in [0.2, 0.25) is 0 Å². The van der Waals surface area contributed by atoms with Crippen molar-refractivity contribution in [3.63, 3.8) is 0 Å². The molecule has 2 aromatic carbocycles. The molecule has 0 saturated carbocycles. The minimum absolute atomic E-state index is 0.0181. The van der Waals surface area contributed by atoms with Gasteiger partial charge in [-0.25, -0.2) is 4.79 Å². The van der Waals surface area contributed by atoms with E-state index in [1.54, 1.807) is 18.2 Å². The zero-order valence-corrected chi connectivity index (χ0v) is 15.3. The molecule has 0 radical (unpaired) electrons. The van der Waals surface area contributed by atoms with Gasteiger partial charge in [-0.2, -0.15) is 0 Å². The van der Waals surface area contributed by atoms with Crippen molar-refractivity contribution in [2.45, 2.75) is 19.8 Å². The molecule has 0 saturated heterocycles. The number of benzene rings is 2. The molecule has 0 fully saturated rings. The number of ether oxygens (including phenoxy) is 2. The zero-order valence-electron chi connectivity index (χ0n) is 13.8. The van der Waals surface area contributed by atoms with Crippen LogP contribution < -0.4 is 4.74 Å². The molecule has 0 amide bonds. The van der Waals surface area contributed by atoms with Crippen molar-refractivity contribution in [1.82, 2.24) is 0 Å². The highest BCUT2D eigenvalue weighted by atomic mass is 35.5. The third-order valence-corrected chi connectivity index (χ3v) is 4.54. The van der Waals surface area contributed by atoms with Crippen molar-refractivity contribution in [1.29, 1.82) is 0 Å². The first-order chi connectivity index (χ1) is 12.5. The second-order valence-corrected chi connectivity index (χ2v) is 6.49. The van der Waals surface area contributed by atoms with E-state index in [-0.39, 0.29) is 44.7 Å². The van der Waals surface area contributed by atoms with Gasteiger partial charge < -0.3 is 9.47 Å². The van der Waals surface area contributed by atoms with Crippen LogP contribution in [0.25, 0.3) is 0 Å². The van der Waals surface area contributed by atoms with Crippen LogP contribution in [-0.4, -0.2) is 24.3 Å². The van der Waals surface area contributed by atoms with Gasteiger partial charge in [0, 0.05) is 11.1 Å². The van der Waals surface area contributed by atoms with Crippen LogP contribution in [0.1, 0.15) is 51.6 Å². The molecule has 0 N–H and O–H groups in total. The number of fused-ring (bicyclic) bond motifs is 2. The van der Waals surface area contributed by atoms with Gasteiger partial charge in [0.05, 0.1) is 27.8 Å². The quantitative estimate of drug-likeness (QED) is 0.351. The molecule has 0 aliphatic heterocycles. The Morgan fingerprint density at radius 2 is 1.62 bits per heavy atom. The van der Waals surface area contributed by atoms with Crippen molar-refractivity contribution in [3.8, 4) is 5.75 Å². The van der Waals surface area contributed by atoms with Crippen LogP contribution in [-0.2, 0) is 4.74 Å². The van der Waals surface area contributed by atoms with E-state index in [1.807, 2.05) is 6.92 Å². The van der Waals surface area contributed by atoms with Crippen LogP contribution in [0.15, 0.2) is 30.3 Å². The number of carbonyl (C=O) groups is 3. The lowest BCUT2D eigenvalue weighted by atomic mass is 9.83. The van der Waals surface area contributed by atoms with Crippen LogP contribution >= 0.6 is 23.2 Å². The lowest BCUT2D eigenvalue weighted by Crippen LogP contribution is -2.23. The van der Waals surface area contributed by atoms with E-state index in [2.05, 4.69) is 0 Å². The molecule has 5 nitrogen and oxygen atoms in total. The summed E-state index contributed by atoms with van der Waals surface area (Å²) in [6.45, 7) is 2.13. The summed E-state index contributed by atoms with van der Waals surface area (Å²) in [7, 11) is 0. The number of ketones is 2. The summed E-state index contributed by atoms with van der Waals surface area (Å²) in [5.74, 6) is -1.14. The molecule has 134 valence electrons. The Morgan fingerprint density at radius 3 is 2.23 bits per heavy atom. The minimum Gasteiger partial charge on any atom is -0.434 e. The molecular weight excluding hydrogens is 379 g/mol. The number of rotatable bonds is 4. The molecule has 1 aliphatic carbocycles. The smallest absolute Gasteiger partial charge is 0.434 e. The monoisotopic (exact) mass is 392 g/mol. The second kappa shape index (κ2) is 7.48. The zero-order chi connectivity index (χ0) is 18.8. The molecule has 1 aliphatic rings. The van der Waals surface area contributed by atoms with Crippen molar-refractivity contribution in [2.24, 2.45) is 0 Å². The summed E-state index contributed by atoms with van der Waals surface area (Å²) >= 11 is 12.3. The number of hydrogen-bond acceptors (Lipinski definition) is 5. The van der Waals surface area contributed by atoms with E-state index >= 15 is 0 Å². The summed E-state index contributed by atoms with van der Waals surface area (Å²) in [5, 5.41) is -0.0359. The fourth-order valence-corrected chi connectivity index (χ4v) is 3.29. The summed E-state index contributed by atoms with van der Waals surface area (Å²) in [6.07, 6.45) is 0.518. The normalized spacial score (nSPS) is 12.4. The number of carbonyl (C=O) groups excluding carboxylic acids is 3. The maximum atomic E-state index is 12.9. The predicted molar refractivity (Wildman–Crippen MR) is 96.7 cm³/mol. The van der Waals surface area contributed by atoms with Gasteiger partial charge in [0.25, 0.3) is 0 Å². The Labute approximate surface area is 159 Å². The molecule has 0 spiro atoms. The van der Waals surface area contributed by atoms with E-state index in [4.69, 9.17) is 32.7 Å². The molecule has 0 heterocycles. The first-order valence-corrected chi connectivity index (χ1v) is 8.76. The SMILES string of the molecule is CCCCOC(=O)Oc1c(Cl)cc(Cl)c2c1C(=O)c1ccccc1C2=O. The third-order valence-electron chi connectivity index (χ3n) is 3.96. The highest BCUT2D eigenvalue weighted by Crippen LogP contribution is 2.41. The Morgan fingerprint density at radius 1 is 1.00 bits per heavy atom. The molecule has 0 atom stereocenters. The van der Waals surface area contributed by atoms with E-state index < -0.39 is 17.7 Å². The molecule has 0 aromatic heterocycles. The molecule has 26 heavy (non-hydrogen) atoms. The van der Waals surface area contributed by atoms with Crippen molar-refractivity contribution >= 4 is 40.9 Å². The van der Waals surface area contributed by atoms with Crippen LogP contribution in [0.5, 0.6) is 5.75 Å². The highest BCUT2D eigenvalue weighted by Gasteiger charge is 2.36. The molecule has 0 unspecified atom stereocenters. The van der Waals surface area contributed by atoms with Gasteiger partial charge in [-0.1, -0.05) is 60.8 Å². The van der Waals surface area contributed by atoms with E-state index in [0.29, 0.717) is 6.42 Å². The van der Waals surface area contributed by atoms with Crippen molar-refractivity contribution < 1.29 is 23.9 Å². The standard InChI is InChI=1S/C19H14Cl2O5/c1-2-3-8-25-19(24)26-18-13(21)9-12(20)14-15(18)17(23)11-7-5-4-6-10(11)16(14)22/h4-7,9H,2-3,8H2,1H3. The Hall–Kier alpha value is -2.37. The van der Waals surface area contributed by atoms with E-state index in [0.717, 1.165) is 6.42 Å². The van der Waals surface area contributed by atoms with E-state index in [9.17, 15) is 14.4 Å². The van der Waals surface area contributed by atoms with Crippen molar-refractivity contribution in [3.05, 3.63) is 62.6 Å². The number of halogens is 2. The summed E-state index contributed by atoms with van der Waals surface area (Å²) in [6, 6.07) is 7.64. The summed E-state index contributed by atoms with van der Waals surface area (Å²) in [5.41, 5.74) is 0.285. The van der Waals surface area contributed by atoms with Crippen LogP contribution in [0.4, 0.5) is 4.79 Å². The van der Waals surface area contributed by atoms with Gasteiger partial charge in [-0.05, 0) is 12.5 Å². The average Bonchev–Trinajstić information content (AvgIpc) is 2.62. The predicted octanol–water partition coefficient (Wildman–Crippen LogP) is 5.08. The molecular formula is C19H14Cl2O5. The maximum absolute atomic E-state index is 12.9. The molecule has 2 aromatic rings. The van der Waals surface area contributed by atoms with Gasteiger partial charge in [0.1, 0.15) is 0 Å². The van der Waals surface area contributed by atoms with Gasteiger partial charge in [-0.15, -0.1) is 0 Å². The number of hydrogen-bond donors (Lipinski definition) is 0. The lowest BCUT2D eigenvalue weighted by molar-refractivity contribution is 0.0937. The Bertz CT molecular complexity index is 920. The first kappa shape index (κ1) is 18.4. The highest BCUT2D eigenvalue weighted by molar-refractivity contribution is 6.42. The van der Waals surface area contributed by atoms with Crippen LogP contribution in [0.2, 0.25) is 10.0 Å². The number of unbranched alkanes of at least 4 members (excludes halogenated alkanes) is 1. The fourth-order valence-electron chi connectivity index (χ4n) is 2.70. The Balaban J connectivity index is 2.07. The second-order valence-electron chi connectivity index (χ2n) is 5.68. The summed E-state index contributed by atoms with van der Waals surface area (Å²) < 4.78 is 10.1.